The van der Waals surface area contributed by atoms with Crippen LogP contribution in [0.4, 0.5) is 0 Å². The van der Waals surface area contributed by atoms with Crippen LogP contribution in [-0.2, 0) is 11.3 Å². The number of amides is 1. The molecule has 32 heavy (non-hydrogen) atoms. The van der Waals surface area contributed by atoms with Crippen LogP contribution in [0, 0.1) is 20.8 Å². The lowest BCUT2D eigenvalue weighted by Gasteiger charge is -2.33. The molecule has 1 amide bonds. The van der Waals surface area contributed by atoms with E-state index in [1.807, 2.05) is 57.2 Å². The fourth-order valence-electron chi connectivity index (χ4n) is 3.71. The standard InChI is InChI=1S/C24H29N3O4S/c1-16-4-7-19(8-5-16)30-15-22-26-18(3)23(32-22)24(28)25-14-20(21-9-6-17(2)31-21)27-10-12-29-13-11-27/h4-9,20H,10-15H2,1-3H3,(H,25,28). The minimum Gasteiger partial charge on any atom is -0.486 e. The first-order valence-electron chi connectivity index (χ1n) is 10.8. The highest BCUT2D eigenvalue weighted by Gasteiger charge is 2.26. The Morgan fingerprint density at radius 1 is 1.16 bits per heavy atom. The number of furan rings is 1. The van der Waals surface area contributed by atoms with Crippen LogP contribution in [-0.4, -0.2) is 48.6 Å². The van der Waals surface area contributed by atoms with Crippen molar-refractivity contribution in [2.45, 2.75) is 33.4 Å². The number of carbonyl (C=O) groups is 1. The molecule has 1 N–H and O–H groups in total. The Morgan fingerprint density at radius 2 is 1.91 bits per heavy atom. The van der Waals surface area contributed by atoms with Crippen LogP contribution in [0.15, 0.2) is 40.8 Å². The number of ether oxygens (including phenoxy) is 2. The zero-order valence-electron chi connectivity index (χ0n) is 18.7. The third-order valence-corrected chi connectivity index (χ3v) is 6.59. The van der Waals surface area contributed by atoms with Crippen LogP contribution in [0.3, 0.4) is 0 Å². The number of hydrogen-bond donors (Lipinski definition) is 1. The lowest BCUT2D eigenvalue weighted by molar-refractivity contribution is 0.0117. The minimum atomic E-state index is -0.122. The maximum absolute atomic E-state index is 13.0. The Morgan fingerprint density at radius 3 is 2.59 bits per heavy atom. The summed E-state index contributed by atoms with van der Waals surface area (Å²) in [7, 11) is 0. The minimum absolute atomic E-state index is 0.0332. The van der Waals surface area contributed by atoms with Gasteiger partial charge in [-0.05, 0) is 45.0 Å². The Kier molecular flexibility index (Phi) is 7.24. The van der Waals surface area contributed by atoms with Gasteiger partial charge in [-0.1, -0.05) is 17.7 Å². The summed E-state index contributed by atoms with van der Waals surface area (Å²) in [6.45, 7) is 9.60. The highest BCUT2D eigenvalue weighted by atomic mass is 32.1. The third kappa shape index (κ3) is 5.56. The Balaban J connectivity index is 1.39. The molecule has 3 heterocycles. The molecule has 2 aromatic heterocycles. The maximum Gasteiger partial charge on any atom is 0.263 e. The van der Waals surface area contributed by atoms with E-state index in [-0.39, 0.29) is 11.9 Å². The van der Waals surface area contributed by atoms with Gasteiger partial charge in [-0.15, -0.1) is 11.3 Å². The van der Waals surface area contributed by atoms with E-state index in [0.717, 1.165) is 35.4 Å². The van der Waals surface area contributed by atoms with Crippen LogP contribution in [0.5, 0.6) is 5.75 Å². The molecular weight excluding hydrogens is 426 g/mol. The SMILES string of the molecule is Cc1ccc(OCc2nc(C)c(C(=O)NCC(c3ccc(C)o3)N3CCOCC3)s2)cc1. The molecular formula is C24H29N3O4S. The summed E-state index contributed by atoms with van der Waals surface area (Å²) in [5, 5.41) is 3.86. The predicted octanol–water partition coefficient (Wildman–Crippen LogP) is 4.04. The van der Waals surface area contributed by atoms with Crippen LogP contribution in [0.2, 0.25) is 0 Å². The number of benzene rings is 1. The topological polar surface area (TPSA) is 76.8 Å². The summed E-state index contributed by atoms with van der Waals surface area (Å²) >= 11 is 1.37. The van der Waals surface area contributed by atoms with Gasteiger partial charge in [0.25, 0.3) is 5.91 Å². The van der Waals surface area contributed by atoms with Crippen molar-refractivity contribution in [3.63, 3.8) is 0 Å². The zero-order valence-corrected chi connectivity index (χ0v) is 19.5. The molecule has 1 fully saturated rings. The number of nitrogens with one attached hydrogen (secondary N) is 1. The van der Waals surface area contributed by atoms with Crippen molar-refractivity contribution >= 4 is 17.2 Å². The molecule has 1 unspecified atom stereocenters. The number of hydrogen-bond acceptors (Lipinski definition) is 7. The normalized spacial score (nSPS) is 15.5. The maximum atomic E-state index is 13.0. The van der Waals surface area contributed by atoms with Gasteiger partial charge >= 0.3 is 0 Å². The van der Waals surface area contributed by atoms with Gasteiger partial charge in [0.05, 0.1) is 24.9 Å². The molecule has 170 valence electrons. The molecule has 3 aromatic rings. The van der Waals surface area contributed by atoms with Crippen molar-refractivity contribution in [2.24, 2.45) is 0 Å². The second-order valence-corrected chi connectivity index (χ2v) is 9.03. The van der Waals surface area contributed by atoms with E-state index in [9.17, 15) is 4.79 Å². The van der Waals surface area contributed by atoms with Gasteiger partial charge in [0.15, 0.2) is 0 Å². The Hall–Kier alpha value is -2.68. The van der Waals surface area contributed by atoms with Gasteiger partial charge in [0.2, 0.25) is 0 Å². The Bertz CT molecular complexity index is 1040. The second kappa shape index (κ2) is 10.3. The average molecular weight is 456 g/mol. The largest absolute Gasteiger partial charge is 0.486 e. The van der Waals surface area contributed by atoms with Crippen molar-refractivity contribution < 1.29 is 18.7 Å². The van der Waals surface area contributed by atoms with E-state index in [2.05, 4.69) is 15.2 Å². The number of aromatic nitrogens is 1. The molecule has 0 radical (unpaired) electrons. The molecule has 1 aliphatic rings. The van der Waals surface area contributed by atoms with Crippen molar-refractivity contribution in [1.29, 1.82) is 0 Å². The van der Waals surface area contributed by atoms with Crippen LogP contribution in [0.1, 0.15) is 43.5 Å². The Labute approximate surface area is 192 Å². The van der Waals surface area contributed by atoms with Gasteiger partial charge in [0.1, 0.15) is 33.8 Å². The zero-order chi connectivity index (χ0) is 22.5. The number of carbonyl (C=O) groups excluding carboxylic acids is 1. The summed E-state index contributed by atoms with van der Waals surface area (Å²) in [6, 6.07) is 11.8. The average Bonchev–Trinajstić information content (AvgIpc) is 3.39. The fourth-order valence-corrected chi connectivity index (χ4v) is 4.60. The van der Waals surface area contributed by atoms with Crippen LogP contribution >= 0.6 is 11.3 Å². The van der Waals surface area contributed by atoms with E-state index in [4.69, 9.17) is 13.9 Å². The molecule has 0 spiro atoms. The molecule has 1 saturated heterocycles. The van der Waals surface area contributed by atoms with Gasteiger partial charge in [-0.3, -0.25) is 9.69 Å². The molecule has 0 saturated carbocycles. The molecule has 1 atom stereocenters. The second-order valence-electron chi connectivity index (χ2n) is 7.95. The summed E-state index contributed by atoms with van der Waals surface area (Å²) < 4.78 is 17.2. The molecule has 7 nitrogen and oxygen atoms in total. The fraction of sp³-hybridized carbons (Fsp3) is 0.417. The van der Waals surface area contributed by atoms with E-state index in [1.54, 1.807) is 0 Å². The van der Waals surface area contributed by atoms with Crippen molar-refractivity contribution in [1.82, 2.24) is 15.2 Å². The lowest BCUT2D eigenvalue weighted by atomic mass is 10.1. The van der Waals surface area contributed by atoms with Gasteiger partial charge in [0, 0.05) is 19.6 Å². The summed E-state index contributed by atoms with van der Waals surface area (Å²) in [4.78, 5) is 20.4. The van der Waals surface area contributed by atoms with E-state index >= 15 is 0 Å². The number of thiazole rings is 1. The van der Waals surface area contributed by atoms with Crippen molar-refractivity contribution in [2.75, 3.05) is 32.8 Å². The highest BCUT2D eigenvalue weighted by molar-refractivity contribution is 7.13. The van der Waals surface area contributed by atoms with Gasteiger partial charge in [-0.25, -0.2) is 4.98 Å². The summed E-state index contributed by atoms with van der Waals surface area (Å²) in [5.74, 6) is 2.39. The van der Waals surface area contributed by atoms with Crippen LogP contribution < -0.4 is 10.1 Å². The molecule has 0 aliphatic carbocycles. The van der Waals surface area contributed by atoms with Gasteiger partial charge in [-0.2, -0.15) is 0 Å². The van der Waals surface area contributed by atoms with Crippen LogP contribution in [0.25, 0.3) is 0 Å². The van der Waals surface area contributed by atoms with Crippen molar-refractivity contribution in [3.8, 4) is 5.75 Å². The van der Waals surface area contributed by atoms with E-state index in [0.29, 0.717) is 36.9 Å². The van der Waals surface area contributed by atoms with E-state index in [1.165, 1.54) is 16.9 Å². The third-order valence-electron chi connectivity index (χ3n) is 5.46. The molecule has 1 aromatic carbocycles. The lowest BCUT2D eigenvalue weighted by Crippen LogP contribution is -2.43. The number of rotatable bonds is 8. The highest BCUT2D eigenvalue weighted by Crippen LogP contribution is 2.25. The first-order chi connectivity index (χ1) is 15.5. The predicted molar refractivity (Wildman–Crippen MR) is 123 cm³/mol. The number of aryl methyl sites for hydroxylation is 3. The monoisotopic (exact) mass is 455 g/mol. The molecule has 0 bridgehead atoms. The summed E-state index contributed by atoms with van der Waals surface area (Å²) in [5.41, 5.74) is 1.90. The number of morpholine rings is 1. The van der Waals surface area contributed by atoms with E-state index < -0.39 is 0 Å². The first-order valence-corrected chi connectivity index (χ1v) is 11.6. The molecule has 1 aliphatic heterocycles. The smallest absolute Gasteiger partial charge is 0.263 e. The molecule has 4 rings (SSSR count). The molecule has 8 heteroatoms. The van der Waals surface area contributed by atoms with Crippen molar-refractivity contribution in [3.05, 3.63) is 69.1 Å². The summed E-state index contributed by atoms with van der Waals surface area (Å²) in [6.07, 6.45) is 0. The van der Waals surface area contributed by atoms with Gasteiger partial charge < -0.3 is 19.2 Å². The number of nitrogens with zero attached hydrogens (tertiary/aromatic N) is 2. The quantitative estimate of drug-likeness (QED) is 0.552. The first kappa shape index (κ1) is 22.5.